The lowest BCUT2D eigenvalue weighted by Crippen LogP contribution is -2.09. The summed E-state index contributed by atoms with van der Waals surface area (Å²) in [7, 11) is 0. The van der Waals surface area contributed by atoms with Gasteiger partial charge < -0.3 is 12.9 Å². The second kappa shape index (κ2) is 4.64. The molecule has 0 spiro atoms. The molecule has 0 bridgehead atoms. The second-order valence-electron chi connectivity index (χ2n) is 2.89. The predicted molar refractivity (Wildman–Crippen MR) is 51.7 cm³/mol. The van der Waals surface area contributed by atoms with Crippen LogP contribution in [0.25, 0.3) is 6.08 Å². The van der Waals surface area contributed by atoms with Gasteiger partial charge in [0.15, 0.2) is 0 Å². The number of halogens is 3. The molecule has 0 unspecified atom stereocenters. The smallest absolute Gasteiger partial charge is 0.445 e. The maximum atomic E-state index is 11.9. The lowest BCUT2D eigenvalue weighted by atomic mass is 9.90. The van der Waals surface area contributed by atoms with Crippen molar-refractivity contribution < 1.29 is 12.9 Å². The van der Waals surface area contributed by atoms with Gasteiger partial charge in [-0.2, -0.15) is 5.26 Å². The molecule has 1 rings (SSSR count). The quantitative estimate of drug-likeness (QED) is 0.720. The highest BCUT2D eigenvalue weighted by Crippen LogP contribution is 2.15. The van der Waals surface area contributed by atoms with Gasteiger partial charge in [-0.1, -0.05) is 6.08 Å². The molecule has 0 fully saturated rings. The highest BCUT2D eigenvalue weighted by molar-refractivity contribution is 6.64. The standard InChI is InChI=1S/C9H7BF3N2/c11-10(12,13)4-1-9-7-15-6-3-8(9)2-5-14/h1,3-4,6-7H,2H2/q-1/b4-1+. The molecule has 0 aliphatic heterocycles. The molecule has 0 aliphatic carbocycles. The van der Waals surface area contributed by atoms with Crippen LogP contribution in [-0.2, 0) is 6.42 Å². The van der Waals surface area contributed by atoms with Gasteiger partial charge in [-0.3, -0.25) is 4.98 Å². The normalized spacial score (nSPS) is 11.6. The number of nitrogens with zero attached hydrogens (tertiary/aromatic N) is 2. The van der Waals surface area contributed by atoms with E-state index < -0.39 is 6.98 Å². The van der Waals surface area contributed by atoms with Crippen LogP contribution in [0.1, 0.15) is 11.1 Å². The summed E-state index contributed by atoms with van der Waals surface area (Å²) in [6, 6.07) is 3.42. The third-order valence-electron chi connectivity index (χ3n) is 1.71. The van der Waals surface area contributed by atoms with Gasteiger partial charge in [0.25, 0.3) is 0 Å². The summed E-state index contributed by atoms with van der Waals surface area (Å²) < 4.78 is 35.8. The van der Waals surface area contributed by atoms with E-state index in [1.165, 1.54) is 18.5 Å². The average molecular weight is 211 g/mol. The lowest BCUT2D eigenvalue weighted by molar-refractivity contribution is 0.499. The molecular formula is C9H7BF3N2-. The Labute approximate surface area is 85.1 Å². The molecule has 6 heteroatoms. The molecule has 0 saturated carbocycles. The molecule has 1 heterocycles. The first-order valence-electron chi connectivity index (χ1n) is 4.22. The van der Waals surface area contributed by atoms with E-state index in [9.17, 15) is 12.9 Å². The molecule has 0 amide bonds. The van der Waals surface area contributed by atoms with Crippen LogP contribution in [-0.4, -0.2) is 12.0 Å². The number of rotatable bonds is 3. The van der Waals surface area contributed by atoms with Crippen molar-refractivity contribution in [3.63, 3.8) is 0 Å². The molecule has 1 aromatic heterocycles. The molecule has 0 radical (unpaired) electrons. The van der Waals surface area contributed by atoms with Crippen LogP contribution in [0.2, 0.25) is 0 Å². The minimum atomic E-state index is -4.95. The number of nitriles is 1. The minimum absolute atomic E-state index is 0.0764. The van der Waals surface area contributed by atoms with Crippen molar-refractivity contribution in [3.05, 3.63) is 35.6 Å². The summed E-state index contributed by atoms with van der Waals surface area (Å²) in [5.41, 5.74) is 0.877. The summed E-state index contributed by atoms with van der Waals surface area (Å²) >= 11 is 0. The van der Waals surface area contributed by atoms with E-state index >= 15 is 0 Å². The van der Waals surface area contributed by atoms with Gasteiger partial charge in [-0.15, -0.1) is 5.98 Å². The summed E-state index contributed by atoms with van der Waals surface area (Å²) in [5.74, 6) is 0.192. The highest BCUT2D eigenvalue weighted by Gasteiger charge is 2.17. The average Bonchev–Trinajstić information content (AvgIpc) is 2.16. The van der Waals surface area contributed by atoms with E-state index in [1.807, 2.05) is 6.07 Å². The van der Waals surface area contributed by atoms with E-state index in [4.69, 9.17) is 5.26 Å². The fourth-order valence-corrected chi connectivity index (χ4v) is 1.04. The zero-order valence-corrected chi connectivity index (χ0v) is 7.70. The van der Waals surface area contributed by atoms with Crippen molar-refractivity contribution in [1.82, 2.24) is 4.98 Å². The summed E-state index contributed by atoms with van der Waals surface area (Å²) in [5, 5.41) is 8.46. The Bertz CT molecular complexity index is 407. The van der Waals surface area contributed by atoms with Crippen LogP contribution in [0.4, 0.5) is 12.9 Å². The molecule has 0 aliphatic rings. The van der Waals surface area contributed by atoms with Gasteiger partial charge in [-0.25, -0.2) is 0 Å². The van der Waals surface area contributed by atoms with Crippen molar-refractivity contribution in [1.29, 1.82) is 5.26 Å². The Morgan fingerprint density at radius 1 is 1.47 bits per heavy atom. The van der Waals surface area contributed by atoms with Gasteiger partial charge in [0.05, 0.1) is 12.5 Å². The maximum absolute atomic E-state index is 11.9. The first-order chi connectivity index (χ1) is 7.03. The van der Waals surface area contributed by atoms with Crippen molar-refractivity contribution in [2.45, 2.75) is 6.42 Å². The minimum Gasteiger partial charge on any atom is -0.445 e. The van der Waals surface area contributed by atoms with Crippen LogP contribution >= 0.6 is 0 Å². The third-order valence-corrected chi connectivity index (χ3v) is 1.71. The first kappa shape index (κ1) is 11.3. The fraction of sp³-hybridized carbons (Fsp3) is 0.111. The molecular weight excluding hydrogens is 204 g/mol. The number of aromatic nitrogens is 1. The van der Waals surface area contributed by atoms with Crippen molar-refractivity contribution in [3.8, 4) is 6.07 Å². The molecule has 1 aromatic rings. The van der Waals surface area contributed by atoms with Gasteiger partial charge >= 0.3 is 6.98 Å². The van der Waals surface area contributed by atoms with Crippen LogP contribution in [0, 0.1) is 11.3 Å². The zero-order valence-electron chi connectivity index (χ0n) is 7.70. The van der Waals surface area contributed by atoms with Gasteiger partial charge in [-0.05, 0) is 17.2 Å². The summed E-state index contributed by atoms with van der Waals surface area (Å²) in [4.78, 5) is 3.71. The van der Waals surface area contributed by atoms with Gasteiger partial charge in [0.2, 0.25) is 0 Å². The number of hydrogen-bond acceptors (Lipinski definition) is 2. The topological polar surface area (TPSA) is 36.7 Å². The van der Waals surface area contributed by atoms with Crippen molar-refractivity contribution >= 4 is 13.1 Å². The fourth-order valence-electron chi connectivity index (χ4n) is 1.04. The number of hydrogen-bond donors (Lipinski definition) is 0. The second-order valence-corrected chi connectivity index (χ2v) is 2.89. The Morgan fingerprint density at radius 3 is 2.80 bits per heavy atom. The molecule has 0 atom stereocenters. The van der Waals surface area contributed by atoms with Crippen molar-refractivity contribution in [2.24, 2.45) is 0 Å². The summed E-state index contributed by atoms with van der Waals surface area (Å²) in [6.07, 6.45) is 3.78. The Kier molecular flexibility index (Phi) is 3.50. The van der Waals surface area contributed by atoms with Gasteiger partial charge in [0, 0.05) is 12.4 Å². The predicted octanol–water partition coefficient (Wildman–Crippen LogP) is 2.55. The zero-order chi connectivity index (χ0) is 11.3. The largest absolute Gasteiger partial charge is 0.502 e. The molecule has 0 N–H and O–H groups in total. The number of pyridine rings is 1. The molecule has 0 saturated heterocycles. The van der Waals surface area contributed by atoms with E-state index in [0.29, 0.717) is 11.1 Å². The van der Waals surface area contributed by atoms with E-state index in [-0.39, 0.29) is 12.4 Å². The SMILES string of the molecule is N#CCc1ccncc1/C=C/[B-](F)(F)F. The lowest BCUT2D eigenvalue weighted by Gasteiger charge is -2.07. The monoisotopic (exact) mass is 211 g/mol. The molecule has 78 valence electrons. The van der Waals surface area contributed by atoms with Crippen molar-refractivity contribution in [2.75, 3.05) is 0 Å². The Morgan fingerprint density at radius 2 is 2.20 bits per heavy atom. The third kappa shape index (κ3) is 3.85. The maximum Gasteiger partial charge on any atom is 0.502 e. The van der Waals surface area contributed by atoms with E-state index in [2.05, 4.69) is 4.98 Å². The molecule has 0 aromatic carbocycles. The van der Waals surface area contributed by atoms with Gasteiger partial charge in [0.1, 0.15) is 0 Å². The molecule has 2 nitrogen and oxygen atoms in total. The summed E-state index contributed by atoms with van der Waals surface area (Å²) in [6.45, 7) is -4.95. The van der Waals surface area contributed by atoms with Crippen LogP contribution < -0.4 is 0 Å². The first-order valence-corrected chi connectivity index (χ1v) is 4.22. The van der Waals surface area contributed by atoms with Crippen LogP contribution in [0.5, 0.6) is 0 Å². The van der Waals surface area contributed by atoms with E-state index in [1.54, 1.807) is 0 Å². The Balaban J connectivity index is 2.95. The van der Waals surface area contributed by atoms with Crippen LogP contribution in [0.3, 0.4) is 0 Å². The Hall–Kier alpha value is -1.77. The van der Waals surface area contributed by atoms with Crippen LogP contribution in [0.15, 0.2) is 24.4 Å². The molecule has 15 heavy (non-hydrogen) atoms. The highest BCUT2D eigenvalue weighted by atomic mass is 19.4. The van der Waals surface area contributed by atoms with E-state index in [0.717, 1.165) is 6.08 Å².